The number of ketones is 1. The third-order valence-electron chi connectivity index (χ3n) is 2.89. The minimum Gasteiger partial charge on any atom is -0.466 e. The molecular formula is C15H14N2O3. The number of Topliss-reactive ketones (excluding diaryl/α,β-unsaturated/α-hetero) is 1. The minimum atomic E-state index is -0.499. The van der Waals surface area contributed by atoms with E-state index in [4.69, 9.17) is 10.00 Å². The average molecular weight is 270 g/mol. The predicted molar refractivity (Wildman–Crippen MR) is 72.9 cm³/mol. The SMILES string of the molecule is CCOC(=O)CC(=O)Cn1ccc2cc(C#N)ccc21. The predicted octanol–water partition coefficient (Wildman–Crippen LogP) is 2.04. The van der Waals surface area contributed by atoms with Crippen molar-refractivity contribution in [3.8, 4) is 6.07 Å². The van der Waals surface area contributed by atoms with Crippen molar-refractivity contribution in [2.45, 2.75) is 19.9 Å². The number of carbonyl (C=O) groups excluding carboxylic acids is 2. The van der Waals surface area contributed by atoms with Gasteiger partial charge in [0.1, 0.15) is 6.42 Å². The van der Waals surface area contributed by atoms with Crippen molar-refractivity contribution in [1.29, 1.82) is 5.26 Å². The summed E-state index contributed by atoms with van der Waals surface area (Å²) in [6.07, 6.45) is 1.55. The van der Waals surface area contributed by atoms with Crippen LogP contribution in [0.2, 0.25) is 0 Å². The summed E-state index contributed by atoms with van der Waals surface area (Å²) in [7, 11) is 0. The van der Waals surface area contributed by atoms with Gasteiger partial charge in [0, 0.05) is 17.1 Å². The van der Waals surface area contributed by atoms with Crippen molar-refractivity contribution in [3.63, 3.8) is 0 Å². The largest absolute Gasteiger partial charge is 0.466 e. The Morgan fingerprint density at radius 2 is 2.15 bits per heavy atom. The molecule has 0 saturated carbocycles. The molecule has 0 N–H and O–H groups in total. The minimum absolute atomic E-state index is 0.119. The molecule has 0 atom stereocenters. The number of aromatic nitrogens is 1. The molecule has 0 aliphatic rings. The van der Waals surface area contributed by atoms with E-state index in [1.54, 1.807) is 35.9 Å². The summed E-state index contributed by atoms with van der Waals surface area (Å²) in [5, 5.41) is 9.73. The summed E-state index contributed by atoms with van der Waals surface area (Å²) < 4.78 is 6.51. The molecule has 5 nitrogen and oxygen atoms in total. The fourth-order valence-electron chi connectivity index (χ4n) is 2.03. The molecule has 1 aromatic carbocycles. The summed E-state index contributed by atoms with van der Waals surface area (Å²) in [4.78, 5) is 23.0. The maximum atomic E-state index is 11.8. The van der Waals surface area contributed by atoms with E-state index >= 15 is 0 Å². The third kappa shape index (κ3) is 3.04. The molecule has 20 heavy (non-hydrogen) atoms. The van der Waals surface area contributed by atoms with Crippen LogP contribution >= 0.6 is 0 Å². The zero-order valence-electron chi connectivity index (χ0n) is 11.1. The highest BCUT2D eigenvalue weighted by Crippen LogP contribution is 2.17. The number of fused-ring (bicyclic) bond motifs is 1. The molecule has 0 spiro atoms. The first kappa shape index (κ1) is 13.8. The fourth-order valence-corrected chi connectivity index (χ4v) is 2.03. The van der Waals surface area contributed by atoms with Gasteiger partial charge >= 0.3 is 5.97 Å². The van der Waals surface area contributed by atoms with Crippen LogP contribution in [0.5, 0.6) is 0 Å². The molecule has 0 aliphatic carbocycles. The Kier molecular flexibility index (Phi) is 4.16. The van der Waals surface area contributed by atoms with E-state index in [0.717, 1.165) is 10.9 Å². The van der Waals surface area contributed by atoms with Gasteiger partial charge < -0.3 is 9.30 Å². The van der Waals surface area contributed by atoms with Crippen molar-refractivity contribution in [1.82, 2.24) is 4.57 Å². The normalized spacial score (nSPS) is 10.2. The molecule has 1 heterocycles. The maximum absolute atomic E-state index is 11.8. The van der Waals surface area contributed by atoms with Crippen LogP contribution < -0.4 is 0 Å². The van der Waals surface area contributed by atoms with E-state index in [9.17, 15) is 9.59 Å². The second kappa shape index (κ2) is 6.02. The molecule has 5 heteroatoms. The van der Waals surface area contributed by atoms with Gasteiger partial charge in [-0.2, -0.15) is 5.26 Å². The Balaban J connectivity index is 2.12. The highest BCUT2D eigenvalue weighted by atomic mass is 16.5. The molecule has 0 saturated heterocycles. The zero-order valence-corrected chi connectivity index (χ0v) is 11.1. The van der Waals surface area contributed by atoms with Gasteiger partial charge in [0.25, 0.3) is 0 Å². The average Bonchev–Trinajstić information content (AvgIpc) is 2.81. The van der Waals surface area contributed by atoms with Gasteiger partial charge in [-0.05, 0) is 31.2 Å². The Hall–Kier alpha value is -2.61. The lowest BCUT2D eigenvalue weighted by molar-refractivity contribution is -0.145. The Bertz CT molecular complexity index is 695. The van der Waals surface area contributed by atoms with E-state index < -0.39 is 5.97 Å². The number of rotatable bonds is 5. The fraction of sp³-hybridized carbons (Fsp3) is 0.267. The lowest BCUT2D eigenvalue weighted by Gasteiger charge is -2.05. The number of hydrogen-bond acceptors (Lipinski definition) is 4. The summed E-state index contributed by atoms with van der Waals surface area (Å²) in [5.41, 5.74) is 1.44. The number of benzene rings is 1. The van der Waals surface area contributed by atoms with E-state index in [1.165, 1.54) is 0 Å². The van der Waals surface area contributed by atoms with Gasteiger partial charge in [0.2, 0.25) is 0 Å². The molecule has 1 aromatic heterocycles. The summed E-state index contributed by atoms with van der Waals surface area (Å²) in [5.74, 6) is -0.703. The first-order valence-electron chi connectivity index (χ1n) is 6.30. The molecule has 0 unspecified atom stereocenters. The van der Waals surface area contributed by atoms with Gasteiger partial charge in [-0.15, -0.1) is 0 Å². The van der Waals surface area contributed by atoms with Crippen LogP contribution in [0.3, 0.4) is 0 Å². The van der Waals surface area contributed by atoms with Gasteiger partial charge in [-0.3, -0.25) is 9.59 Å². The zero-order chi connectivity index (χ0) is 14.5. The number of ether oxygens (including phenoxy) is 1. The molecule has 2 rings (SSSR count). The van der Waals surface area contributed by atoms with E-state index in [1.807, 2.05) is 6.07 Å². The summed E-state index contributed by atoms with van der Waals surface area (Å²) in [6.45, 7) is 2.10. The Morgan fingerprint density at radius 1 is 1.35 bits per heavy atom. The quantitative estimate of drug-likeness (QED) is 0.615. The first-order valence-corrected chi connectivity index (χ1v) is 6.30. The monoisotopic (exact) mass is 270 g/mol. The first-order chi connectivity index (χ1) is 9.63. The molecular weight excluding hydrogens is 256 g/mol. The smallest absolute Gasteiger partial charge is 0.313 e. The number of nitrogens with zero attached hydrogens (tertiary/aromatic N) is 2. The molecule has 0 radical (unpaired) electrons. The van der Waals surface area contributed by atoms with E-state index in [2.05, 4.69) is 6.07 Å². The van der Waals surface area contributed by atoms with E-state index in [-0.39, 0.29) is 25.4 Å². The molecule has 102 valence electrons. The Morgan fingerprint density at radius 3 is 2.85 bits per heavy atom. The topological polar surface area (TPSA) is 72.1 Å². The molecule has 0 fully saturated rings. The third-order valence-corrected chi connectivity index (χ3v) is 2.89. The standard InChI is InChI=1S/C15H14N2O3/c1-2-20-15(19)8-13(18)10-17-6-5-12-7-11(9-16)3-4-14(12)17/h3-7H,2,8,10H2,1H3. The summed E-state index contributed by atoms with van der Waals surface area (Å²) in [6, 6.07) is 9.18. The van der Waals surface area contributed by atoms with Crippen LogP contribution in [-0.2, 0) is 20.9 Å². The second-order valence-corrected chi connectivity index (χ2v) is 4.35. The van der Waals surface area contributed by atoms with E-state index in [0.29, 0.717) is 5.56 Å². The number of hydrogen-bond donors (Lipinski definition) is 0. The van der Waals surface area contributed by atoms with Crippen molar-refractivity contribution in [2.24, 2.45) is 0 Å². The molecule has 0 amide bonds. The highest BCUT2D eigenvalue weighted by Gasteiger charge is 2.12. The lowest BCUT2D eigenvalue weighted by atomic mass is 10.2. The van der Waals surface area contributed by atoms with Gasteiger partial charge in [0.15, 0.2) is 5.78 Å². The van der Waals surface area contributed by atoms with Gasteiger partial charge in [-0.1, -0.05) is 0 Å². The molecule has 0 aliphatic heterocycles. The number of esters is 1. The van der Waals surface area contributed by atoms with Crippen LogP contribution in [0.4, 0.5) is 0 Å². The van der Waals surface area contributed by atoms with Crippen LogP contribution in [0.1, 0.15) is 18.9 Å². The maximum Gasteiger partial charge on any atom is 0.313 e. The van der Waals surface area contributed by atoms with Gasteiger partial charge in [-0.25, -0.2) is 0 Å². The van der Waals surface area contributed by atoms with Crippen LogP contribution in [-0.4, -0.2) is 22.9 Å². The molecule has 2 aromatic rings. The van der Waals surface area contributed by atoms with Crippen LogP contribution in [0.15, 0.2) is 30.5 Å². The van der Waals surface area contributed by atoms with Crippen molar-refractivity contribution < 1.29 is 14.3 Å². The number of nitriles is 1. The van der Waals surface area contributed by atoms with Gasteiger partial charge in [0.05, 0.1) is 24.8 Å². The van der Waals surface area contributed by atoms with Crippen LogP contribution in [0.25, 0.3) is 10.9 Å². The number of carbonyl (C=O) groups is 2. The van der Waals surface area contributed by atoms with Crippen molar-refractivity contribution in [2.75, 3.05) is 6.61 Å². The highest BCUT2D eigenvalue weighted by molar-refractivity contribution is 5.96. The van der Waals surface area contributed by atoms with Crippen molar-refractivity contribution in [3.05, 3.63) is 36.0 Å². The summed E-state index contributed by atoms with van der Waals surface area (Å²) >= 11 is 0. The molecule has 0 bridgehead atoms. The second-order valence-electron chi connectivity index (χ2n) is 4.35. The Labute approximate surface area is 116 Å². The van der Waals surface area contributed by atoms with Crippen molar-refractivity contribution >= 4 is 22.7 Å². The lowest BCUT2D eigenvalue weighted by Crippen LogP contribution is -2.15. The van der Waals surface area contributed by atoms with Crippen LogP contribution in [0, 0.1) is 11.3 Å².